The Kier molecular flexibility index (Phi) is 2.35. The summed E-state index contributed by atoms with van der Waals surface area (Å²) in [7, 11) is 0. The first-order chi connectivity index (χ1) is 5.63. The summed E-state index contributed by atoms with van der Waals surface area (Å²) in [5.74, 6) is 0. The molecule has 1 aromatic heterocycles. The van der Waals surface area contributed by atoms with Crippen molar-refractivity contribution in [2.24, 2.45) is 5.73 Å². The van der Waals surface area contributed by atoms with Gasteiger partial charge >= 0.3 is 0 Å². The average molecular weight is 167 g/mol. The van der Waals surface area contributed by atoms with Gasteiger partial charge in [-0.05, 0) is 13.0 Å². The van der Waals surface area contributed by atoms with Gasteiger partial charge in [0.1, 0.15) is 5.69 Å². The molecule has 0 amide bonds. The summed E-state index contributed by atoms with van der Waals surface area (Å²) in [6.45, 7) is 1.66. The van der Waals surface area contributed by atoms with E-state index in [4.69, 9.17) is 5.73 Å². The predicted molar refractivity (Wildman–Crippen MR) is 43.5 cm³/mol. The summed E-state index contributed by atoms with van der Waals surface area (Å²) >= 11 is 0. The van der Waals surface area contributed by atoms with Crippen LogP contribution in [0.25, 0.3) is 0 Å². The zero-order valence-corrected chi connectivity index (χ0v) is 6.60. The van der Waals surface area contributed by atoms with E-state index in [-0.39, 0.29) is 5.69 Å². The second-order valence-corrected chi connectivity index (χ2v) is 2.45. The van der Waals surface area contributed by atoms with Gasteiger partial charge in [0.25, 0.3) is 5.69 Å². The third-order valence-corrected chi connectivity index (χ3v) is 1.44. The predicted octanol–water partition coefficient (Wildman–Crippen LogP) is 1.01. The highest BCUT2D eigenvalue weighted by molar-refractivity contribution is 5.35. The highest BCUT2D eigenvalue weighted by Crippen LogP contribution is 2.19. The lowest BCUT2D eigenvalue weighted by atomic mass is 10.2. The first kappa shape index (κ1) is 8.61. The fourth-order valence-corrected chi connectivity index (χ4v) is 0.914. The monoisotopic (exact) mass is 167 g/mol. The van der Waals surface area contributed by atoms with Gasteiger partial charge in [-0.1, -0.05) is 0 Å². The number of aromatic nitrogens is 1. The molecule has 1 atom stereocenters. The highest BCUT2D eigenvalue weighted by atomic mass is 16.6. The summed E-state index contributed by atoms with van der Waals surface area (Å²) in [6, 6.07) is 2.50. The molecule has 0 saturated heterocycles. The van der Waals surface area contributed by atoms with Crippen LogP contribution in [0.4, 0.5) is 5.69 Å². The number of nitrogens with zero attached hydrogens (tertiary/aromatic N) is 2. The normalized spacial score (nSPS) is 12.5. The first-order valence-electron chi connectivity index (χ1n) is 3.48. The van der Waals surface area contributed by atoms with E-state index in [0.717, 1.165) is 0 Å². The Balaban J connectivity index is 3.17. The number of nitrogens with two attached hydrogens (primary N) is 1. The lowest BCUT2D eigenvalue weighted by Gasteiger charge is -2.03. The third-order valence-electron chi connectivity index (χ3n) is 1.44. The van der Waals surface area contributed by atoms with Crippen molar-refractivity contribution in [3.8, 4) is 0 Å². The lowest BCUT2D eigenvalue weighted by molar-refractivity contribution is -0.386. The van der Waals surface area contributed by atoms with Gasteiger partial charge in [0.2, 0.25) is 0 Å². The van der Waals surface area contributed by atoms with Crippen LogP contribution in [0.3, 0.4) is 0 Å². The number of pyridine rings is 1. The Hall–Kier alpha value is -1.49. The molecule has 5 nitrogen and oxygen atoms in total. The average Bonchev–Trinajstić information content (AvgIpc) is 2.04. The summed E-state index contributed by atoms with van der Waals surface area (Å²) in [5.41, 5.74) is 5.79. The van der Waals surface area contributed by atoms with E-state index in [1.165, 1.54) is 18.3 Å². The summed E-state index contributed by atoms with van der Waals surface area (Å²) < 4.78 is 0. The molecule has 0 aliphatic rings. The molecule has 64 valence electrons. The largest absolute Gasteiger partial charge is 0.323 e. The van der Waals surface area contributed by atoms with E-state index in [0.29, 0.717) is 5.69 Å². The SMILES string of the molecule is CC(N)c1ncccc1[N+](=O)[O-]. The maximum atomic E-state index is 10.4. The van der Waals surface area contributed by atoms with Crippen LogP contribution in [0, 0.1) is 10.1 Å². The van der Waals surface area contributed by atoms with Crippen molar-refractivity contribution in [3.63, 3.8) is 0 Å². The van der Waals surface area contributed by atoms with Crippen LogP contribution in [0.15, 0.2) is 18.3 Å². The van der Waals surface area contributed by atoms with E-state index >= 15 is 0 Å². The van der Waals surface area contributed by atoms with Crippen LogP contribution in [0.1, 0.15) is 18.7 Å². The fourth-order valence-electron chi connectivity index (χ4n) is 0.914. The van der Waals surface area contributed by atoms with Crippen molar-refractivity contribution in [2.45, 2.75) is 13.0 Å². The number of rotatable bonds is 2. The number of hydrogen-bond acceptors (Lipinski definition) is 4. The van der Waals surface area contributed by atoms with Crippen LogP contribution in [0.5, 0.6) is 0 Å². The molecular formula is C7H9N3O2. The van der Waals surface area contributed by atoms with Gasteiger partial charge < -0.3 is 5.73 Å². The van der Waals surface area contributed by atoms with Crippen LogP contribution in [-0.2, 0) is 0 Å². The summed E-state index contributed by atoms with van der Waals surface area (Å²) in [4.78, 5) is 13.8. The van der Waals surface area contributed by atoms with E-state index < -0.39 is 11.0 Å². The molecule has 0 aliphatic carbocycles. The number of nitro groups is 1. The van der Waals surface area contributed by atoms with E-state index in [9.17, 15) is 10.1 Å². The van der Waals surface area contributed by atoms with E-state index in [2.05, 4.69) is 4.98 Å². The molecule has 0 aromatic carbocycles. The Morgan fingerprint density at radius 2 is 2.42 bits per heavy atom. The maximum absolute atomic E-state index is 10.4. The van der Waals surface area contributed by atoms with E-state index in [1.807, 2.05) is 0 Å². The topological polar surface area (TPSA) is 82.0 Å². The minimum atomic E-state index is -0.480. The Morgan fingerprint density at radius 1 is 1.75 bits per heavy atom. The Bertz CT molecular complexity index is 298. The van der Waals surface area contributed by atoms with Crippen molar-refractivity contribution in [2.75, 3.05) is 0 Å². The van der Waals surface area contributed by atoms with Crippen molar-refractivity contribution >= 4 is 5.69 Å². The van der Waals surface area contributed by atoms with Crippen LogP contribution >= 0.6 is 0 Å². The first-order valence-corrected chi connectivity index (χ1v) is 3.48. The van der Waals surface area contributed by atoms with Gasteiger partial charge in [0.05, 0.1) is 11.0 Å². The summed E-state index contributed by atoms with van der Waals surface area (Å²) in [6.07, 6.45) is 1.49. The minimum Gasteiger partial charge on any atom is -0.323 e. The van der Waals surface area contributed by atoms with Crippen LogP contribution in [-0.4, -0.2) is 9.91 Å². The molecule has 1 heterocycles. The maximum Gasteiger partial charge on any atom is 0.292 e. The highest BCUT2D eigenvalue weighted by Gasteiger charge is 2.16. The van der Waals surface area contributed by atoms with Gasteiger partial charge in [-0.2, -0.15) is 0 Å². The van der Waals surface area contributed by atoms with Crippen molar-refractivity contribution < 1.29 is 4.92 Å². The molecule has 5 heteroatoms. The minimum absolute atomic E-state index is 0.0208. The lowest BCUT2D eigenvalue weighted by Crippen LogP contribution is -2.09. The van der Waals surface area contributed by atoms with Crippen molar-refractivity contribution in [3.05, 3.63) is 34.1 Å². The van der Waals surface area contributed by atoms with Gasteiger partial charge in [0.15, 0.2) is 0 Å². The Labute approximate surface area is 69.4 Å². The molecule has 0 aliphatic heterocycles. The summed E-state index contributed by atoms with van der Waals surface area (Å²) in [5, 5.41) is 10.4. The quantitative estimate of drug-likeness (QED) is 0.526. The molecule has 0 saturated carbocycles. The molecule has 1 rings (SSSR count). The second-order valence-electron chi connectivity index (χ2n) is 2.45. The standard InChI is InChI=1S/C7H9N3O2/c1-5(8)7-6(10(11)12)3-2-4-9-7/h2-5H,8H2,1H3. The molecular weight excluding hydrogens is 158 g/mol. The van der Waals surface area contributed by atoms with Crippen molar-refractivity contribution in [1.29, 1.82) is 0 Å². The Morgan fingerprint density at radius 3 is 2.83 bits per heavy atom. The van der Waals surface area contributed by atoms with Crippen molar-refractivity contribution in [1.82, 2.24) is 4.98 Å². The molecule has 1 aromatic rings. The zero-order chi connectivity index (χ0) is 9.14. The molecule has 1 unspecified atom stereocenters. The molecule has 0 bridgehead atoms. The smallest absolute Gasteiger partial charge is 0.292 e. The fraction of sp³-hybridized carbons (Fsp3) is 0.286. The van der Waals surface area contributed by atoms with Gasteiger partial charge in [-0.15, -0.1) is 0 Å². The zero-order valence-electron chi connectivity index (χ0n) is 6.60. The van der Waals surface area contributed by atoms with Gasteiger partial charge in [0, 0.05) is 12.3 Å². The number of hydrogen-bond donors (Lipinski definition) is 1. The molecule has 0 fully saturated rings. The van der Waals surface area contributed by atoms with Crippen LogP contribution < -0.4 is 5.73 Å². The molecule has 12 heavy (non-hydrogen) atoms. The molecule has 0 spiro atoms. The van der Waals surface area contributed by atoms with Gasteiger partial charge in [-0.3, -0.25) is 15.1 Å². The van der Waals surface area contributed by atoms with E-state index in [1.54, 1.807) is 6.92 Å². The third kappa shape index (κ3) is 1.57. The van der Waals surface area contributed by atoms with Crippen LogP contribution in [0.2, 0.25) is 0 Å². The van der Waals surface area contributed by atoms with Gasteiger partial charge in [-0.25, -0.2) is 0 Å². The molecule has 2 N–H and O–H groups in total. The second kappa shape index (κ2) is 3.27. The molecule has 0 radical (unpaired) electrons.